The predicted molar refractivity (Wildman–Crippen MR) is 90.7 cm³/mol. The Morgan fingerprint density at radius 2 is 1.96 bits per heavy atom. The van der Waals surface area contributed by atoms with Crippen LogP contribution < -0.4 is 15.4 Å². The van der Waals surface area contributed by atoms with Gasteiger partial charge in [-0.05, 0) is 43.9 Å². The van der Waals surface area contributed by atoms with Gasteiger partial charge in [0, 0.05) is 12.7 Å². The second kappa shape index (κ2) is 8.14. The number of hydrogen-bond acceptors (Lipinski definition) is 4. The van der Waals surface area contributed by atoms with Crippen molar-refractivity contribution in [2.24, 2.45) is 0 Å². The lowest BCUT2D eigenvalue weighted by molar-refractivity contribution is 0.243. The largest absolute Gasteiger partial charge is 0.497 e. The number of urea groups is 1. The van der Waals surface area contributed by atoms with E-state index < -0.39 is 0 Å². The van der Waals surface area contributed by atoms with E-state index >= 15 is 0 Å². The van der Waals surface area contributed by atoms with Gasteiger partial charge in [0.15, 0.2) is 0 Å². The first kappa shape index (κ1) is 16.8. The monoisotopic (exact) mass is 314 g/mol. The third kappa shape index (κ3) is 4.96. The van der Waals surface area contributed by atoms with Gasteiger partial charge in [-0.3, -0.25) is 5.32 Å². The van der Waals surface area contributed by atoms with Gasteiger partial charge in [0.2, 0.25) is 0 Å². The van der Waals surface area contributed by atoms with Crippen LogP contribution >= 0.6 is 0 Å². The van der Waals surface area contributed by atoms with Gasteiger partial charge in [-0.1, -0.05) is 18.2 Å². The summed E-state index contributed by atoms with van der Waals surface area (Å²) in [5.41, 5.74) is 1.11. The Balaban J connectivity index is 1.95. The van der Waals surface area contributed by atoms with Crippen LogP contribution in [0.15, 0.2) is 48.7 Å². The first-order valence-corrected chi connectivity index (χ1v) is 7.36. The number of aromatic nitrogens is 1. The Kier molecular flexibility index (Phi) is 5.94. The van der Waals surface area contributed by atoms with E-state index in [-0.39, 0.29) is 12.1 Å². The highest BCUT2D eigenvalue weighted by atomic mass is 16.5. The van der Waals surface area contributed by atoms with Gasteiger partial charge in [0.1, 0.15) is 11.6 Å². The summed E-state index contributed by atoms with van der Waals surface area (Å²) in [6.45, 7) is 0.484. The number of methoxy groups -OCH3 is 1. The summed E-state index contributed by atoms with van der Waals surface area (Å²) in [7, 11) is 5.60. The molecule has 0 spiro atoms. The molecule has 1 aromatic carbocycles. The standard InChI is InChI=1S/C17H22N4O2/c1-21(2)15(13-7-9-14(23-3)10-8-13)12-19-17(22)20-16-6-4-5-11-18-16/h4-11,15H,12H2,1-3H3,(H2,18,19,20,22). The molecule has 1 aromatic heterocycles. The number of amides is 2. The highest BCUT2D eigenvalue weighted by Crippen LogP contribution is 2.20. The molecule has 23 heavy (non-hydrogen) atoms. The van der Waals surface area contributed by atoms with Crippen molar-refractivity contribution in [3.63, 3.8) is 0 Å². The average molecular weight is 314 g/mol. The minimum atomic E-state index is -0.274. The van der Waals surface area contributed by atoms with Gasteiger partial charge >= 0.3 is 6.03 Å². The fourth-order valence-corrected chi connectivity index (χ4v) is 2.21. The highest BCUT2D eigenvalue weighted by molar-refractivity contribution is 5.88. The van der Waals surface area contributed by atoms with Crippen LogP contribution in [0.2, 0.25) is 0 Å². The summed E-state index contributed by atoms with van der Waals surface area (Å²) >= 11 is 0. The van der Waals surface area contributed by atoms with Crippen molar-refractivity contribution >= 4 is 11.8 Å². The maximum atomic E-state index is 12.0. The summed E-state index contributed by atoms with van der Waals surface area (Å²) in [5, 5.41) is 5.58. The maximum absolute atomic E-state index is 12.0. The van der Waals surface area contributed by atoms with Crippen LogP contribution in [0.25, 0.3) is 0 Å². The molecular weight excluding hydrogens is 292 g/mol. The molecule has 6 heteroatoms. The van der Waals surface area contributed by atoms with Gasteiger partial charge in [-0.2, -0.15) is 0 Å². The summed E-state index contributed by atoms with van der Waals surface area (Å²) < 4.78 is 5.17. The molecule has 1 unspecified atom stereocenters. The molecule has 1 atom stereocenters. The summed E-state index contributed by atoms with van der Waals surface area (Å²) in [4.78, 5) is 18.1. The Hall–Kier alpha value is -2.60. The minimum absolute atomic E-state index is 0.0652. The average Bonchev–Trinajstić information content (AvgIpc) is 2.56. The topological polar surface area (TPSA) is 66.5 Å². The quantitative estimate of drug-likeness (QED) is 0.860. The summed E-state index contributed by atoms with van der Waals surface area (Å²) in [5.74, 6) is 1.34. The number of anilines is 1. The van der Waals surface area contributed by atoms with E-state index in [1.165, 1.54) is 0 Å². The lowest BCUT2D eigenvalue weighted by Gasteiger charge is -2.25. The zero-order valence-corrected chi connectivity index (χ0v) is 13.6. The number of pyridine rings is 1. The van der Waals surface area contributed by atoms with Crippen molar-refractivity contribution in [2.45, 2.75) is 6.04 Å². The third-order valence-corrected chi connectivity index (χ3v) is 3.49. The third-order valence-electron chi connectivity index (χ3n) is 3.49. The number of carbonyl (C=O) groups excluding carboxylic acids is 1. The molecule has 2 amide bonds. The molecule has 122 valence electrons. The molecule has 2 N–H and O–H groups in total. The van der Waals surface area contributed by atoms with Crippen LogP contribution in [0, 0.1) is 0 Å². The first-order valence-electron chi connectivity index (χ1n) is 7.36. The number of benzene rings is 1. The summed E-state index contributed by atoms with van der Waals surface area (Å²) in [6, 6.07) is 13.0. The lowest BCUT2D eigenvalue weighted by Crippen LogP contribution is -2.37. The van der Waals surface area contributed by atoms with Gasteiger partial charge < -0.3 is 15.0 Å². The molecular formula is C17H22N4O2. The second-order valence-corrected chi connectivity index (χ2v) is 5.30. The van der Waals surface area contributed by atoms with Crippen molar-refractivity contribution < 1.29 is 9.53 Å². The van der Waals surface area contributed by atoms with E-state index in [0.717, 1.165) is 11.3 Å². The molecule has 1 heterocycles. The second-order valence-electron chi connectivity index (χ2n) is 5.30. The fourth-order valence-electron chi connectivity index (χ4n) is 2.21. The van der Waals surface area contributed by atoms with Crippen molar-refractivity contribution in [3.05, 3.63) is 54.2 Å². The number of ether oxygens (including phenoxy) is 1. The Labute approximate surface area is 136 Å². The van der Waals surface area contributed by atoms with Gasteiger partial charge in [-0.15, -0.1) is 0 Å². The molecule has 0 aliphatic heterocycles. The Morgan fingerprint density at radius 3 is 2.52 bits per heavy atom. The number of nitrogens with one attached hydrogen (secondary N) is 2. The Bertz CT molecular complexity index is 614. The van der Waals surface area contributed by atoms with E-state index in [4.69, 9.17) is 4.74 Å². The van der Waals surface area contributed by atoms with Gasteiger partial charge in [0.25, 0.3) is 0 Å². The molecule has 0 saturated carbocycles. The van der Waals surface area contributed by atoms with Crippen molar-refractivity contribution in [1.82, 2.24) is 15.2 Å². The van der Waals surface area contributed by atoms with Gasteiger partial charge in [-0.25, -0.2) is 9.78 Å². The highest BCUT2D eigenvalue weighted by Gasteiger charge is 2.15. The van der Waals surface area contributed by atoms with Crippen LogP contribution in [0.1, 0.15) is 11.6 Å². The molecule has 0 aliphatic carbocycles. The summed E-state index contributed by atoms with van der Waals surface area (Å²) in [6.07, 6.45) is 1.63. The SMILES string of the molecule is COc1ccc(C(CNC(=O)Nc2ccccn2)N(C)C)cc1. The van der Waals surface area contributed by atoms with Crippen LogP contribution in [-0.4, -0.2) is 43.7 Å². The molecule has 0 fully saturated rings. The molecule has 0 aliphatic rings. The molecule has 0 saturated heterocycles. The minimum Gasteiger partial charge on any atom is -0.497 e. The van der Waals surface area contributed by atoms with E-state index in [9.17, 15) is 4.79 Å². The van der Waals surface area contributed by atoms with Crippen molar-refractivity contribution in [3.8, 4) is 5.75 Å². The van der Waals surface area contributed by atoms with E-state index in [2.05, 4.69) is 20.5 Å². The number of hydrogen-bond donors (Lipinski definition) is 2. The Morgan fingerprint density at radius 1 is 1.22 bits per heavy atom. The molecule has 6 nitrogen and oxygen atoms in total. The smallest absolute Gasteiger partial charge is 0.320 e. The van der Waals surface area contributed by atoms with Crippen molar-refractivity contribution in [1.29, 1.82) is 0 Å². The predicted octanol–water partition coefficient (Wildman–Crippen LogP) is 2.51. The molecule has 2 aromatic rings. The zero-order chi connectivity index (χ0) is 16.7. The van der Waals surface area contributed by atoms with E-state index in [0.29, 0.717) is 12.4 Å². The zero-order valence-electron chi connectivity index (χ0n) is 13.6. The number of nitrogens with zero attached hydrogens (tertiary/aromatic N) is 2. The van der Waals surface area contributed by atoms with Crippen molar-refractivity contribution in [2.75, 3.05) is 33.1 Å². The molecule has 2 rings (SSSR count). The maximum Gasteiger partial charge on any atom is 0.320 e. The number of rotatable bonds is 6. The normalized spacial score (nSPS) is 11.8. The van der Waals surface area contributed by atoms with Crippen LogP contribution in [0.3, 0.4) is 0 Å². The fraction of sp³-hybridized carbons (Fsp3) is 0.294. The first-order chi connectivity index (χ1) is 11.1. The van der Waals surface area contributed by atoms with Gasteiger partial charge in [0.05, 0.1) is 13.2 Å². The lowest BCUT2D eigenvalue weighted by atomic mass is 10.1. The molecule has 0 radical (unpaired) electrons. The number of carbonyl (C=O) groups is 1. The van der Waals surface area contributed by atoms with Crippen LogP contribution in [0.4, 0.5) is 10.6 Å². The van der Waals surface area contributed by atoms with Crippen LogP contribution in [-0.2, 0) is 0 Å². The number of likely N-dealkylation sites (N-methyl/N-ethyl adjacent to an activating group) is 1. The van der Waals surface area contributed by atoms with Crippen LogP contribution in [0.5, 0.6) is 5.75 Å². The van der Waals surface area contributed by atoms with E-state index in [1.54, 1.807) is 25.4 Å². The van der Waals surface area contributed by atoms with E-state index in [1.807, 2.05) is 44.4 Å². The molecule has 0 bridgehead atoms.